The number of carbonyl (C=O) groups excluding carboxylic acids is 1. The first-order chi connectivity index (χ1) is 11.5. The lowest BCUT2D eigenvalue weighted by Gasteiger charge is -2.25. The fraction of sp³-hybridized carbons (Fsp3) is 0.588. The van der Waals surface area contributed by atoms with Crippen molar-refractivity contribution in [3.05, 3.63) is 22.7 Å². The number of rotatable bonds is 4. The third kappa shape index (κ3) is 3.94. The highest BCUT2D eigenvalue weighted by atomic mass is 35.5. The highest BCUT2D eigenvalue weighted by Gasteiger charge is 2.33. The number of halogens is 1. The number of nitrogens with one attached hydrogen (secondary N) is 1. The number of hydrogen-bond acceptors (Lipinski definition) is 5. The molecule has 1 aliphatic heterocycles. The van der Waals surface area contributed by atoms with Crippen LogP contribution in [0.3, 0.4) is 0 Å². The molecule has 0 spiro atoms. The standard InChI is InChI=1S/C17H25ClN4O2/c1-21-5-6-22(12-3-4-12)10-11(9-21)20-17(23)13-7-14(18)15(19)8-16(13)24-2/h7-8,11-12H,3-6,9-10,19H2,1-2H3,(H,20,23). The minimum absolute atomic E-state index is 0.0756. The lowest BCUT2D eigenvalue weighted by molar-refractivity contribution is 0.0920. The van der Waals surface area contributed by atoms with Gasteiger partial charge in [0.2, 0.25) is 0 Å². The Morgan fingerprint density at radius 2 is 2.08 bits per heavy atom. The number of nitrogen functional groups attached to an aromatic ring is 1. The molecule has 132 valence electrons. The van der Waals surface area contributed by atoms with Crippen LogP contribution in [0.1, 0.15) is 23.2 Å². The monoisotopic (exact) mass is 352 g/mol. The van der Waals surface area contributed by atoms with E-state index in [0.29, 0.717) is 28.1 Å². The summed E-state index contributed by atoms with van der Waals surface area (Å²) in [6, 6.07) is 3.93. The van der Waals surface area contributed by atoms with E-state index in [2.05, 4.69) is 22.2 Å². The van der Waals surface area contributed by atoms with Crippen molar-refractivity contribution in [2.45, 2.75) is 24.9 Å². The van der Waals surface area contributed by atoms with Crippen LogP contribution >= 0.6 is 11.6 Å². The summed E-state index contributed by atoms with van der Waals surface area (Å²) < 4.78 is 5.29. The van der Waals surface area contributed by atoms with Crippen molar-refractivity contribution in [3.8, 4) is 5.75 Å². The van der Waals surface area contributed by atoms with E-state index in [9.17, 15) is 4.79 Å². The summed E-state index contributed by atoms with van der Waals surface area (Å²) in [6.45, 7) is 3.80. The number of anilines is 1. The van der Waals surface area contributed by atoms with Crippen LogP contribution in [0.5, 0.6) is 5.75 Å². The number of nitrogens with zero attached hydrogens (tertiary/aromatic N) is 2. The Bertz CT molecular complexity index is 621. The Hall–Kier alpha value is -1.50. The van der Waals surface area contributed by atoms with Crippen molar-refractivity contribution in [3.63, 3.8) is 0 Å². The molecule has 0 radical (unpaired) electrons. The first kappa shape index (κ1) is 17.3. The molecule has 0 bridgehead atoms. The third-order valence-corrected chi connectivity index (χ3v) is 5.05. The van der Waals surface area contributed by atoms with Crippen LogP contribution in [0.4, 0.5) is 5.69 Å². The van der Waals surface area contributed by atoms with E-state index in [0.717, 1.165) is 26.2 Å². The van der Waals surface area contributed by atoms with Gasteiger partial charge >= 0.3 is 0 Å². The molecule has 1 heterocycles. The maximum atomic E-state index is 12.7. The number of benzene rings is 1. The lowest BCUT2D eigenvalue weighted by atomic mass is 10.1. The van der Waals surface area contributed by atoms with Gasteiger partial charge in [-0.05, 0) is 26.0 Å². The van der Waals surface area contributed by atoms with E-state index in [1.165, 1.54) is 20.0 Å². The molecule has 1 saturated heterocycles. The van der Waals surface area contributed by atoms with Gasteiger partial charge in [0.25, 0.3) is 5.91 Å². The molecule has 3 N–H and O–H groups in total. The van der Waals surface area contributed by atoms with Gasteiger partial charge in [0.1, 0.15) is 5.75 Å². The molecule has 3 rings (SSSR count). The molecule has 1 atom stereocenters. The summed E-state index contributed by atoms with van der Waals surface area (Å²) in [5.74, 6) is 0.264. The van der Waals surface area contributed by atoms with Gasteiger partial charge in [0, 0.05) is 38.3 Å². The van der Waals surface area contributed by atoms with Crippen molar-refractivity contribution >= 4 is 23.2 Å². The van der Waals surface area contributed by atoms with Gasteiger partial charge in [-0.2, -0.15) is 0 Å². The number of likely N-dealkylation sites (N-methyl/N-ethyl adjacent to an activating group) is 1. The van der Waals surface area contributed by atoms with Crippen molar-refractivity contribution < 1.29 is 9.53 Å². The van der Waals surface area contributed by atoms with E-state index in [-0.39, 0.29) is 11.9 Å². The highest BCUT2D eigenvalue weighted by molar-refractivity contribution is 6.33. The predicted octanol–water partition coefficient (Wildman–Crippen LogP) is 1.44. The molecule has 7 heteroatoms. The van der Waals surface area contributed by atoms with E-state index < -0.39 is 0 Å². The number of methoxy groups -OCH3 is 1. The number of hydrogen-bond donors (Lipinski definition) is 2. The van der Waals surface area contributed by atoms with Crippen molar-refractivity contribution in [2.75, 3.05) is 46.1 Å². The fourth-order valence-electron chi connectivity index (χ4n) is 3.24. The summed E-state index contributed by atoms with van der Waals surface area (Å²) in [4.78, 5) is 17.5. The Morgan fingerprint density at radius 3 is 2.75 bits per heavy atom. The lowest BCUT2D eigenvalue weighted by Crippen LogP contribution is -2.46. The second kappa shape index (κ2) is 7.17. The van der Waals surface area contributed by atoms with Crippen LogP contribution in [0, 0.1) is 0 Å². The second-order valence-electron chi connectivity index (χ2n) is 6.73. The molecule has 2 fully saturated rings. The molecule has 1 amide bonds. The first-order valence-electron chi connectivity index (χ1n) is 8.34. The van der Waals surface area contributed by atoms with Gasteiger partial charge in [-0.15, -0.1) is 0 Å². The van der Waals surface area contributed by atoms with Crippen molar-refractivity contribution in [1.82, 2.24) is 15.1 Å². The van der Waals surface area contributed by atoms with Gasteiger partial charge in [-0.1, -0.05) is 11.6 Å². The maximum absolute atomic E-state index is 12.7. The molecular weight excluding hydrogens is 328 g/mol. The van der Waals surface area contributed by atoms with Gasteiger partial charge < -0.3 is 20.7 Å². The third-order valence-electron chi connectivity index (χ3n) is 4.72. The smallest absolute Gasteiger partial charge is 0.255 e. The maximum Gasteiger partial charge on any atom is 0.255 e. The predicted molar refractivity (Wildman–Crippen MR) is 95.8 cm³/mol. The topological polar surface area (TPSA) is 70.8 Å². The number of nitrogens with two attached hydrogens (primary N) is 1. The van der Waals surface area contributed by atoms with E-state index in [1.54, 1.807) is 12.1 Å². The van der Waals surface area contributed by atoms with Crippen LogP contribution in [-0.2, 0) is 0 Å². The summed E-state index contributed by atoms with van der Waals surface area (Å²) in [6.07, 6.45) is 2.54. The molecule has 1 saturated carbocycles. The van der Waals surface area contributed by atoms with Crippen LogP contribution in [0.2, 0.25) is 5.02 Å². The molecule has 1 aromatic carbocycles. The normalized spacial score (nSPS) is 22.9. The largest absolute Gasteiger partial charge is 0.496 e. The zero-order chi connectivity index (χ0) is 17.3. The minimum atomic E-state index is -0.176. The van der Waals surface area contributed by atoms with Gasteiger partial charge in [0.05, 0.1) is 29.4 Å². The van der Waals surface area contributed by atoms with Gasteiger partial charge in [0.15, 0.2) is 0 Å². The van der Waals surface area contributed by atoms with Crippen LogP contribution in [0.15, 0.2) is 12.1 Å². The highest BCUT2D eigenvalue weighted by Crippen LogP contribution is 2.29. The Labute approximate surface area is 147 Å². The van der Waals surface area contributed by atoms with Crippen molar-refractivity contribution in [2.24, 2.45) is 0 Å². The average Bonchev–Trinajstić information content (AvgIpc) is 3.37. The minimum Gasteiger partial charge on any atom is -0.496 e. The van der Waals surface area contributed by atoms with Gasteiger partial charge in [-0.25, -0.2) is 0 Å². The molecule has 24 heavy (non-hydrogen) atoms. The second-order valence-corrected chi connectivity index (χ2v) is 7.14. The molecule has 1 aromatic rings. The number of ether oxygens (including phenoxy) is 1. The van der Waals surface area contributed by atoms with E-state index in [4.69, 9.17) is 22.1 Å². The molecule has 2 aliphatic rings. The quantitative estimate of drug-likeness (QED) is 0.802. The fourth-order valence-corrected chi connectivity index (χ4v) is 3.40. The van der Waals surface area contributed by atoms with Gasteiger partial charge in [-0.3, -0.25) is 9.69 Å². The summed E-state index contributed by atoms with van der Waals surface area (Å²) in [5.41, 5.74) is 6.61. The molecule has 1 unspecified atom stereocenters. The van der Waals surface area contributed by atoms with Crippen LogP contribution < -0.4 is 15.8 Å². The number of amides is 1. The molecular formula is C17H25ClN4O2. The van der Waals surface area contributed by atoms with Crippen LogP contribution in [0.25, 0.3) is 0 Å². The molecule has 0 aromatic heterocycles. The Balaban J connectivity index is 1.74. The Morgan fingerprint density at radius 1 is 1.33 bits per heavy atom. The van der Waals surface area contributed by atoms with E-state index in [1.807, 2.05) is 0 Å². The SMILES string of the molecule is COc1cc(N)c(Cl)cc1C(=O)NC1CN(C)CCN(C2CC2)C1. The summed E-state index contributed by atoms with van der Waals surface area (Å²) in [5, 5.41) is 3.50. The van der Waals surface area contributed by atoms with Crippen molar-refractivity contribution in [1.29, 1.82) is 0 Å². The summed E-state index contributed by atoms with van der Waals surface area (Å²) in [7, 11) is 3.62. The molecule has 1 aliphatic carbocycles. The van der Waals surface area contributed by atoms with Crippen LogP contribution in [-0.4, -0.2) is 68.1 Å². The first-order valence-corrected chi connectivity index (χ1v) is 8.72. The zero-order valence-corrected chi connectivity index (χ0v) is 15.0. The zero-order valence-electron chi connectivity index (χ0n) is 14.2. The van der Waals surface area contributed by atoms with E-state index >= 15 is 0 Å². The average molecular weight is 353 g/mol. The number of carbonyl (C=O) groups is 1. The molecule has 6 nitrogen and oxygen atoms in total. The summed E-state index contributed by atoms with van der Waals surface area (Å²) >= 11 is 6.07. The Kier molecular flexibility index (Phi) is 5.18.